The van der Waals surface area contributed by atoms with Crippen molar-refractivity contribution in [1.29, 1.82) is 0 Å². The molecule has 2 heterocycles. The van der Waals surface area contributed by atoms with E-state index in [1.54, 1.807) is 14.2 Å². The molecule has 4 atom stereocenters. The van der Waals surface area contributed by atoms with Gasteiger partial charge >= 0.3 is 51.4 Å². The number of methoxy groups -OCH3 is 2. The third-order valence-electron chi connectivity index (χ3n) is 5.91. The van der Waals surface area contributed by atoms with Crippen molar-refractivity contribution in [3.63, 3.8) is 0 Å². The quantitative estimate of drug-likeness (QED) is 0.356. The Balaban J connectivity index is 0.000000178. The van der Waals surface area contributed by atoms with E-state index >= 15 is 0 Å². The Hall–Kier alpha value is -0.00364. The Morgan fingerprint density at radius 1 is 0.906 bits per heavy atom. The predicted octanol–water partition coefficient (Wildman–Crippen LogP) is 1.36. The third-order valence-corrected chi connectivity index (χ3v) is 6.74. The van der Waals surface area contributed by atoms with Crippen LogP contribution in [0.15, 0.2) is 36.4 Å². The Morgan fingerprint density at radius 2 is 1.47 bits per heavy atom. The number of rotatable bonds is 2. The van der Waals surface area contributed by atoms with Crippen molar-refractivity contribution >= 4 is 15.9 Å². The molecule has 2 aliphatic carbocycles. The fourth-order valence-electron chi connectivity index (χ4n) is 4.15. The van der Waals surface area contributed by atoms with Crippen molar-refractivity contribution in [2.75, 3.05) is 27.4 Å². The first kappa shape index (κ1) is 28.2. The first-order valence-electron chi connectivity index (χ1n) is 10.5. The van der Waals surface area contributed by atoms with E-state index in [0.717, 1.165) is 43.1 Å². The molecule has 0 spiro atoms. The van der Waals surface area contributed by atoms with Crippen LogP contribution < -0.4 is 60.9 Å². The summed E-state index contributed by atoms with van der Waals surface area (Å²) in [5.41, 5.74) is 4.95. The maximum absolute atomic E-state index is 9.73. The van der Waals surface area contributed by atoms with E-state index in [4.69, 9.17) is 18.9 Å². The smallest absolute Gasteiger partial charge is 0.870 e. The molecule has 2 fully saturated rings. The minimum Gasteiger partial charge on any atom is -0.870 e. The number of aliphatic hydroxyl groups excluding tert-OH is 1. The molecule has 2 aromatic rings. The summed E-state index contributed by atoms with van der Waals surface area (Å²) in [7, 11) is 3.35. The van der Waals surface area contributed by atoms with Crippen LogP contribution in [-0.2, 0) is 22.3 Å². The first-order valence-corrected chi connectivity index (χ1v) is 11.4. The number of fused-ring (bicyclic) bond motifs is 4. The number of alkyl halides is 1. The van der Waals surface area contributed by atoms with Crippen molar-refractivity contribution in [1.82, 2.24) is 0 Å². The molecule has 2 aromatic carbocycles. The molecule has 8 heteroatoms. The second-order valence-corrected chi connectivity index (χ2v) is 9.09. The van der Waals surface area contributed by atoms with Crippen LogP contribution in [0.2, 0.25) is 0 Å². The fraction of sp³-hybridized carbons (Fsp3) is 0.500. The third kappa shape index (κ3) is 6.78. The van der Waals surface area contributed by atoms with Crippen LogP contribution in [0.1, 0.15) is 47.3 Å². The Labute approximate surface area is 240 Å². The molecule has 0 radical (unpaired) electrons. The van der Waals surface area contributed by atoms with Gasteiger partial charge < -0.3 is 29.5 Å². The van der Waals surface area contributed by atoms with Gasteiger partial charge in [0, 0.05) is 24.5 Å². The number of halogens is 1. The topological polar surface area (TPSA) is 90.5 Å². The number of hydrogen-bond donors (Lipinski definition) is 1. The molecule has 170 valence electrons. The standard InChI is InChI=1S/C10H11BrO2.C10H10O2.C4H8O.K.H2O/c1-13-7-2-3-8-6(4-7)5-9(11)10(8)12;1-11-7-2-3-8-6(4-7)5-9-10(8)12-9;1-2-4-5-3-1;;/h2-4,9-10,12H,5H2,1H3;2-4,9-10H,5H2,1H3;1-4H2;;1H2/q;;;+1;/p-1/t9-,10-;;;;/m0..../s1. The van der Waals surface area contributed by atoms with E-state index in [9.17, 15) is 5.11 Å². The van der Waals surface area contributed by atoms with Crippen LogP contribution >= 0.6 is 15.9 Å². The van der Waals surface area contributed by atoms with E-state index in [1.807, 2.05) is 24.3 Å². The maximum atomic E-state index is 9.73. The van der Waals surface area contributed by atoms with Crippen molar-refractivity contribution in [3.05, 3.63) is 58.7 Å². The van der Waals surface area contributed by atoms with Gasteiger partial charge in [-0.1, -0.05) is 28.1 Å². The van der Waals surface area contributed by atoms with Gasteiger partial charge in [0.05, 0.1) is 26.4 Å². The van der Waals surface area contributed by atoms with Gasteiger partial charge in [0.25, 0.3) is 0 Å². The molecule has 0 bridgehead atoms. The summed E-state index contributed by atoms with van der Waals surface area (Å²) in [5, 5.41) is 9.73. The zero-order valence-corrected chi connectivity index (χ0v) is 23.6. The van der Waals surface area contributed by atoms with Gasteiger partial charge in [-0.3, -0.25) is 0 Å². The molecule has 0 saturated carbocycles. The van der Waals surface area contributed by atoms with Crippen molar-refractivity contribution in [2.24, 2.45) is 0 Å². The summed E-state index contributed by atoms with van der Waals surface area (Å²) in [6.45, 7) is 2.00. The van der Waals surface area contributed by atoms with Crippen molar-refractivity contribution in [3.8, 4) is 11.5 Å². The van der Waals surface area contributed by atoms with E-state index in [-0.39, 0.29) is 67.8 Å². The van der Waals surface area contributed by atoms with Gasteiger partial charge in [0.1, 0.15) is 17.6 Å². The van der Waals surface area contributed by atoms with Crippen LogP contribution in [-0.4, -0.2) is 48.9 Å². The van der Waals surface area contributed by atoms with Gasteiger partial charge in [-0.25, -0.2) is 0 Å². The van der Waals surface area contributed by atoms with Crippen molar-refractivity contribution < 1.29 is 80.9 Å². The van der Waals surface area contributed by atoms with E-state index in [1.165, 1.54) is 29.5 Å². The minimum atomic E-state index is -0.374. The molecule has 2 N–H and O–H groups in total. The molecule has 0 aromatic heterocycles. The molecule has 2 aliphatic heterocycles. The summed E-state index contributed by atoms with van der Waals surface area (Å²) in [5.74, 6) is 1.81. The van der Waals surface area contributed by atoms with E-state index in [2.05, 4.69) is 28.1 Å². The van der Waals surface area contributed by atoms with Gasteiger partial charge in [0.15, 0.2) is 0 Å². The van der Waals surface area contributed by atoms with Gasteiger partial charge in [-0.15, -0.1) is 0 Å². The summed E-state index contributed by atoms with van der Waals surface area (Å²) < 4.78 is 20.6. The van der Waals surface area contributed by atoms with E-state index in [0.29, 0.717) is 12.2 Å². The summed E-state index contributed by atoms with van der Waals surface area (Å²) in [6, 6.07) is 12.0. The molecule has 4 aliphatic rings. The number of hydrogen-bond acceptors (Lipinski definition) is 6. The molecule has 6 nitrogen and oxygen atoms in total. The SMILES string of the molecule is C1CCOC1.COc1ccc2c(c1)CC1OC21.COc1ccc2c(c1)C[C@H](Br)[C@H]2O.[K+].[OH-]. The van der Waals surface area contributed by atoms with Gasteiger partial charge in [-0.2, -0.15) is 0 Å². The monoisotopic (exact) mass is 532 g/mol. The molecular weight excluding hydrogens is 503 g/mol. The minimum absolute atomic E-state index is 0. The summed E-state index contributed by atoms with van der Waals surface area (Å²) >= 11 is 3.44. The predicted molar refractivity (Wildman–Crippen MR) is 121 cm³/mol. The van der Waals surface area contributed by atoms with Crippen LogP contribution in [0.3, 0.4) is 0 Å². The average Bonchev–Trinajstić information content (AvgIpc) is 3.15. The zero-order valence-electron chi connectivity index (χ0n) is 18.9. The molecule has 32 heavy (non-hydrogen) atoms. The second kappa shape index (κ2) is 13.2. The normalized spacial score (nSPS) is 25.2. The summed E-state index contributed by atoms with van der Waals surface area (Å²) in [4.78, 5) is 0.148. The second-order valence-electron chi connectivity index (χ2n) is 7.91. The van der Waals surface area contributed by atoms with E-state index < -0.39 is 0 Å². The largest absolute Gasteiger partial charge is 1.00 e. The molecule has 6 rings (SSSR count). The van der Waals surface area contributed by atoms with Crippen LogP contribution in [0.4, 0.5) is 0 Å². The Morgan fingerprint density at radius 3 is 2.00 bits per heavy atom. The summed E-state index contributed by atoms with van der Waals surface area (Å²) in [6.07, 6.45) is 5.00. The van der Waals surface area contributed by atoms with Crippen LogP contribution in [0, 0.1) is 0 Å². The van der Waals surface area contributed by atoms with Gasteiger partial charge in [-0.05, 0) is 65.8 Å². The number of epoxide rings is 1. The molecule has 2 saturated heterocycles. The Bertz CT molecular complexity index is 868. The molecule has 2 unspecified atom stereocenters. The number of aliphatic hydroxyl groups is 1. The van der Waals surface area contributed by atoms with Crippen molar-refractivity contribution in [2.45, 2.75) is 48.8 Å². The van der Waals surface area contributed by atoms with Crippen LogP contribution in [0.25, 0.3) is 0 Å². The maximum Gasteiger partial charge on any atom is 1.00 e. The fourth-order valence-corrected chi connectivity index (χ4v) is 4.79. The van der Waals surface area contributed by atoms with Gasteiger partial charge in [0.2, 0.25) is 0 Å². The molecular formula is C24H30BrKO6. The molecule has 0 amide bonds. The van der Waals surface area contributed by atoms with Crippen LogP contribution in [0.5, 0.6) is 11.5 Å². The number of benzene rings is 2. The zero-order chi connectivity index (χ0) is 21.1. The Kier molecular flexibility index (Phi) is 11.6. The average molecular weight is 534 g/mol. The number of ether oxygens (including phenoxy) is 4. The first-order chi connectivity index (χ1) is 14.6.